The van der Waals surface area contributed by atoms with E-state index in [2.05, 4.69) is 37.1 Å². The highest BCUT2D eigenvalue weighted by molar-refractivity contribution is 5.22. The molecule has 0 unspecified atom stereocenters. The average Bonchev–Trinajstić information content (AvgIpc) is 2.55. The van der Waals surface area contributed by atoms with E-state index in [9.17, 15) is 0 Å². The third-order valence-corrected chi connectivity index (χ3v) is 5.02. The lowest BCUT2D eigenvalue weighted by atomic mass is 9.80. The summed E-state index contributed by atoms with van der Waals surface area (Å²) in [7, 11) is 0. The van der Waals surface area contributed by atoms with Gasteiger partial charge in [0.2, 0.25) is 0 Å². The Morgan fingerprint density at radius 3 is 2.14 bits per heavy atom. The highest BCUT2D eigenvalue weighted by Crippen LogP contribution is 2.31. The van der Waals surface area contributed by atoms with Gasteiger partial charge in [-0.25, -0.2) is 0 Å². The molecule has 0 aromatic heterocycles. The molecule has 1 aromatic rings. The van der Waals surface area contributed by atoms with E-state index in [4.69, 9.17) is 6.42 Å². The minimum atomic E-state index is 0.559. The van der Waals surface area contributed by atoms with Gasteiger partial charge in [-0.3, -0.25) is 0 Å². The molecule has 0 bridgehead atoms. The molecular formula is C21H30. The first-order valence-corrected chi connectivity index (χ1v) is 8.85. The Balaban J connectivity index is 1.70. The predicted molar refractivity (Wildman–Crippen MR) is 92.3 cm³/mol. The maximum absolute atomic E-state index is 5.52. The summed E-state index contributed by atoms with van der Waals surface area (Å²) in [5, 5.41) is 0. The number of aryl methyl sites for hydroxylation is 2. The second-order valence-electron chi connectivity index (χ2n) is 6.70. The largest absolute Gasteiger partial charge is 0.120 e. The van der Waals surface area contributed by atoms with Gasteiger partial charge < -0.3 is 0 Å². The molecule has 0 spiro atoms. The van der Waals surface area contributed by atoms with Gasteiger partial charge in [0.15, 0.2) is 0 Å². The molecule has 0 heterocycles. The normalized spacial score (nSPS) is 21.9. The van der Waals surface area contributed by atoms with Crippen molar-refractivity contribution in [1.82, 2.24) is 0 Å². The number of rotatable bonds is 7. The van der Waals surface area contributed by atoms with Crippen LogP contribution in [0.3, 0.4) is 0 Å². The lowest BCUT2D eigenvalue weighted by Crippen LogP contribution is -2.13. The van der Waals surface area contributed by atoms with E-state index in [1.165, 1.54) is 75.3 Å². The second-order valence-corrected chi connectivity index (χ2v) is 6.70. The van der Waals surface area contributed by atoms with Gasteiger partial charge in [-0.1, -0.05) is 44.0 Å². The zero-order valence-electron chi connectivity index (χ0n) is 13.6. The molecular weight excluding hydrogens is 252 g/mol. The SMILES string of the molecule is C#C[C@H]1CC[C@H](CCc2ccc(CCCCC)cc2)CC1. The molecule has 0 saturated heterocycles. The smallest absolute Gasteiger partial charge is 0.0200 e. The minimum absolute atomic E-state index is 0.559. The van der Waals surface area contributed by atoms with Crippen molar-refractivity contribution < 1.29 is 0 Å². The zero-order chi connectivity index (χ0) is 14.9. The third kappa shape index (κ3) is 5.58. The molecule has 1 saturated carbocycles. The second kappa shape index (κ2) is 8.93. The first kappa shape index (κ1) is 16.2. The summed E-state index contributed by atoms with van der Waals surface area (Å²) in [6.45, 7) is 2.26. The molecule has 1 aliphatic rings. The Morgan fingerprint density at radius 2 is 1.57 bits per heavy atom. The number of terminal acetylenes is 1. The first-order valence-electron chi connectivity index (χ1n) is 8.85. The number of hydrogen-bond acceptors (Lipinski definition) is 0. The molecule has 114 valence electrons. The fraction of sp³-hybridized carbons (Fsp3) is 0.619. The van der Waals surface area contributed by atoms with E-state index < -0.39 is 0 Å². The van der Waals surface area contributed by atoms with E-state index >= 15 is 0 Å². The summed E-state index contributed by atoms with van der Waals surface area (Å²) in [5.41, 5.74) is 3.01. The molecule has 1 fully saturated rings. The summed E-state index contributed by atoms with van der Waals surface area (Å²) in [5.74, 6) is 4.39. The predicted octanol–water partition coefficient (Wildman–Crippen LogP) is 5.79. The topological polar surface area (TPSA) is 0 Å². The fourth-order valence-electron chi connectivity index (χ4n) is 3.44. The van der Waals surface area contributed by atoms with Crippen LogP contribution in [0.1, 0.15) is 69.4 Å². The van der Waals surface area contributed by atoms with Crippen molar-refractivity contribution in [3.8, 4) is 12.3 Å². The lowest BCUT2D eigenvalue weighted by molar-refractivity contribution is 0.302. The van der Waals surface area contributed by atoms with Crippen LogP contribution in [-0.4, -0.2) is 0 Å². The zero-order valence-corrected chi connectivity index (χ0v) is 13.6. The van der Waals surface area contributed by atoms with Crippen molar-refractivity contribution in [2.75, 3.05) is 0 Å². The van der Waals surface area contributed by atoms with Gasteiger partial charge in [-0.2, -0.15) is 0 Å². The highest BCUT2D eigenvalue weighted by Gasteiger charge is 2.19. The van der Waals surface area contributed by atoms with Crippen LogP contribution >= 0.6 is 0 Å². The quantitative estimate of drug-likeness (QED) is 0.438. The Hall–Kier alpha value is -1.22. The van der Waals surface area contributed by atoms with Crippen LogP contribution in [0, 0.1) is 24.2 Å². The fourth-order valence-corrected chi connectivity index (χ4v) is 3.44. The number of hydrogen-bond donors (Lipinski definition) is 0. The number of unbranched alkanes of at least 4 members (excludes halogenated alkanes) is 2. The van der Waals surface area contributed by atoms with Gasteiger partial charge in [0.1, 0.15) is 0 Å². The van der Waals surface area contributed by atoms with Crippen molar-refractivity contribution in [1.29, 1.82) is 0 Å². The van der Waals surface area contributed by atoms with Crippen molar-refractivity contribution in [2.45, 2.75) is 71.1 Å². The van der Waals surface area contributed by atoms with Crippen LogP contribution in [-0.2, 0) is 12.8 Å². The average molecular weight is 282 g/mol. The molecule has 1 aliphatic carbocycles. The molecule has 0 N–H and O–H groups in total. The van der Waals surface area contributed by atoms with Crippen LogP contribution in [0.4, 0.5) is 0 Å². The van der Waals surface area contributed by atoms with Gasteiger partial charge >= 0.3 is 0 Å². The van der Waals surface area contributed by atoms with Gasteiger partial charge in [0.25, 0.3) is 0 Å². The van der Waals surface area contributed by atoms with Gasteiger partial charge in [-0.05, 0) is 68.4 Å². The van der Waals surface area contributed by atoms with E-state index in [1.54, 1.807) is 0 Å². The maximum atomic E-state index is 5.52. The Morgan fingerprint density at radius 1 is 0.952 bits per heavy atom. The van der Waals surface area contributed by atoms with Crippen LogP contribution in [0.25, 0.3) is 0 Å². The Bertz CT molecular complexity index is 426. The van der Waals surface area contributed by atoms with Crippen molar-refractivity contribution >= 4 is 0 Å². The monoisotopic (exact) mass is 282 g/mol. The molecule has 0 nitrogen and oxygen atoms in total. The van der Waals surface area contributed by atoms with Crippen molar-refractivity contribution in [3.63, 3.8) is 0 Å². The van der Waals surface area contributed by atoms with Crippen molar-refractivity contribution in [3.05, 3.63) is 35.4 Å². The highest BCUT2D eigenvalue weighted by atomic mass is 14.2. The van der Waals surface area contributed by atoms with Crippen LogP contribution in [0.5, 0.6) is 0 Å². The number of benzene rings is 1. The molecule has 2 rings (SSSR count). The molecule has 0 aliphatic heterocycles. The maximum Gasteiger partial charge on any atom is 0.0200 e. The lowest BCUT2D eigenvalue weighted by Gasteiger charge is -2.25. The van der Waals surface area contributed by atoms with Crippen LogP contribution < -0.4 is 0 Å². The van der Waals surface area contributed by atoms with Gasteiger partial charge in [0.05, 0.1) is 0 Å². The summed E-state index contributed by atoms with van der Waals surface area (Å²) >= 11 is 0. The Labute approximate surface area is 131 Å². The molecule has 21 heavy (non-hydrogen) atoms. The standard InChI is InChI=1S/C21H30/c1-3-5-6-7-19-12-14-21(15-13-19)17-16-20-10-8-18(4-2)9-11-20/h2,12-15,18,20H,3,5-11,16-17H2,1H3/t18-,20-. The summed E-state index contributed by atoms with van der Waals surface area (Å²) in [6, 6.07) is 9.35. The van der Waals surface area contributed by atoms with Gasteiger partial charge in [-0.15, -0.1) is 12.3 Å². The first-order chi connectivity index (χ1) is 10.3. The van der Waals surface area contributed by atoms with Crippen LogP contribution in [0.15, 0.2) is 24.3 Å². The van der Waals surface area contributed by atoms with Crippen molar-refractivity contribution in [2.24, 2.45) is 11.8 Å². The molecule has 0 heteroatoms. The molecule has 0 atom stereocenters. The molecule has 0 radical (unpaired) electrons. The van der Waals surface area contributed by atoms with E-state index in [-0.39, 0.29) is 0 Å². The summed E-state index contributed by atoms with van der Waals surface area (Å²) < 4.78 is 0. The van der Waals surface area contributed by atoms with Gasteiger partial charge in [0, 0.05) is 5.92 Å². The summed E-state index contributed by atoms with van der Waals surface area (Å²) in [4.78, 5) is 0. The van der Waals surface area contributed by atoms with E-state index in [1.807, 2.05) is 0 Å². The minimum Gasteiger partial charge on any atom is -0.120 e. The summed E-state index contributed by atoms with van der Waals surface area (Å²) in [6.07, 6.45) is 18.5. The molecule has 0 amide bonds. The van der Waals surface area contributed by atoms with E-state index in [0.717, 1.165) is 5.92 Å². The third-order valence-electron chi connectivity index (χ3n) is 5.02. The van der Waals surface area contributed by atoms with Crippen LogP contribution in [0.2, 0.25) is 0 Å². The van der Waals surface area contributed by atoms with E-state index in [0.29, 0.717) is 5.92 Å². The molecule has 1 aromatic carbocycles. The Kier molecular flexibility index (Phi) is 6.87.